The standard InChI is InChI=1S/C27H28F3N3O3/c1-16-13-19(15-22(14-16)32-25-31-12-11-23(33-25)27(28,29)30)17-3-7-20(8-4-17)26(2,36)21-9-5-18(6-10-21)24(34)35/h3-4,7-8,11-15,18,21,36H,5-6,9-10H2,1-2H3,(H,34,35)(H,31,32,33)/t18-,21-,26-/m0/s1. The molecule has 0 spiro atoms. The molecule has 3 N–H and O–H groups in total. The van der Waals surface area contributed by atoms with Crippen LogP contribution in [-0.2, 0) is 16.6 Å². The van der Waals surface area contributed by atoms with Crippen LogP contribution in [0.15, 0.2) is 54.7 Å². The number of benzene rings is 2. The van der Waals surface area contributed by atoms with Gasteiger partial charge in [-0.15, -0.1) is 0 Å². The second kappa shape index (κ2) is 9.89. The summed E-state index contributed by atoms with van der Waals surface area (Å²) in [5.74, 6) is -1.29. The molecule has 0 radical (unpaired) electrons. The summed E-state index contributed by atoms with van der Waals surface area (Å²) in [6, 6.07) is 13.9. The van der Waals surface area contributed by atoms with Gasteiger partial charge in [0.2, 0.25) is 5.95 Å². The van der Waals surface area contributed by atoms with Crippen molar-refractivity contribution in [3.63, 3.8) is 0 Å². The SMILES string of the molecule is Cc1cc(Nc2nccc(C(F)(F)F)n2)cc(-c2ccc([C@](C)(O)[C@H]3CC[C@H](C(=O)O)CC3)cc2)c1. The van der Waals surface area contributed by atoms with E-state index >= 15 is 0 Å². The highest BCUT2D eigenvalue weighted by Gasteiger charge is 2.38. The fourth-order valence-electron chi connectivity index (χ4n) is 4.87. The lowest BCUT2D eigenvalue weighted by atomic mass is 9.71. The van der Waals surface area contributed by atoms with Crippen LogP contribution in [0.25, 0.3) is 11.1 Å². The first-order valence-electron chi connectivity index (χ1n) is 11.8. The van der Waals surface area contributed by atoms with E-state index in [0.29, 0.717) is 31.4 Å². The summed E-state index contributed by atoms with van der Waals surface area (Å²) >= 11 is 0. The highest BCUT2D eigenvalue weighted by atomic mass is 19.4. The summed E-state index contributed by atoms with van der Waals surface area (Å²) in [6.07, 6.45) is -1.08. The molecular weight excluding hydrogens is 471 g/mol. The maximum Gasteiger partial charge on any atom is 0.433 e. The number of carboxylic acids is 1. The first kappa shape index (κ1) is 25.6. The quantitative estimate of drug-likeness (QED) is 0.368. The molecule has 0 amide bonds. The Morgan fingerprint density at radius 3 is 2.28 bits per heavy atom. The van der Waals surface area contributed by atoms with E-state index < -0.39 is 23.4 Å². The fourth-order valence-corrected chi connectivity index (χ4v) is 4.87. The van der Waals surface area contributed by atoms with Crippen LogP contribution in [0, 0.1) is 18.8 Å². The van der Waals surface area contributed by atoms with Gasteiger partial charge in [0, 0.05) is 11.9 Å². The van der Waals surface area contributed by atoms with E-state index in [4.69, 9.17) is 0 Å². The van der Waals surface area contributed by atoms with Crippen molar-refractivity contribution >= 4 is 17.6 Å². The number of nitrogens with zero attached hydrogens (tertiary/aromatic N) is 2. The summed E-state index contributed by atoms with van der Waals surface area (Å²) in [4.78, 5) is 18.7. The molecule has 1 aliphatic carbocycles. The van der Waals surface area contributed by atoms with Gasteiger partial charge in [-0.2, -0.15) is 13.2 Å². The van der Waals surface area contributed by atoms with E-state index in [1.807, 2.05) is 37.3 Å². The monoisotopic (exact) mass is 499 g/mol. The zero-order chi connectivity index (χ0) is 26.1. The average Bonchev–Trinajstić information content (AvgIpc) is 2.83. The maximum absolute atomic E-state index is 13.0. The Hall–Kier alpha value is -3.46. The van der Waals surface area contributed by atoms with Gasteiger partial charge < -0.3 is 15.5 Å². The van der Waals surface area contributed by atoms with E-state index in [-0.39, 0.29) is 17.8 Å². The molecule has 2 aromatic carbocycles. The number of aliphatic hydroxyl groups is 1. The molecular formula is C27H28F3N3O3. The summed E-state index contributed by atoms with van der Waals surface area (Å²) in [6.45, 7) is 3.66. The van der Waals surface area contributed by atoms with Crippen LogP contribution >= 0.6 is 0 Å². The third-order valence-corrected chi connectivity index (χ3v) is 6.95. The van der Waals surface area contributed by atoms with Crippen molar-refractivity contribution in [2.45, 2.75) is 51.3 Å². The number of nitrogens with one attached hydrogen (secondary N) is 1. The van der Waals surface area contributed by atoms with Gasteiger partial charge in [0.05, 0.1) is 11.5 Å². The topological polar surface area (TPSA) is 95.3 Å². The zero-order valence-electron chi connectivity index (χ0n) is 20.0. The molecule has 0 unspecified atom stereocenters. The number of aliphatic carboxylic acids is 1. The van der Waals surface area contributed by atoms with Crippen LogP contribution in [-0.4, -0.2) is 26.2 Å². The van der Waals surface area contributed by atoms with Crippen molar-refractivity contribution < 1.29 is 28.2 Å². The molecule has 1 atom stereocenters. The van der Waals surface area contributed by atoms with E-state index in [1.165, 1.54) is 0 Å². The Bertz CT molecular complexity index is 1240. The number of aromatic nitrogens is 2. The lowest BCUT2D eigenvalue weighted by Crippen LogP contribution is -2.35. The first-order valence-corrected chi connectivity index (χ1v) is 11.8. The molecule has 3 aromatic rings. The molecule has 0 aliphatic heterocycles. The lowest BCUT2D eigenvalue weighted by molar-refractivity contribution is -0.144. The second-order valence-corrected chi connectivity index (χ2v) is 9.59. The van der Waals surface area contributed by atoms with Gasteiger partial charge in [0.1, 0.15) is 5.69 Å². The Kier molecular flexibility index (Phi) is 7.04. The van der Waals surface area contributed by atoms with Gasteiger partial charge in [-0.25, -0.2) is 9.97 Å². The third kappa shape index (κ3) is 5.67. The van der Waals surface area contributed by atoms with Crippen LogP contribution in [0.3, 0.4) is 0 Å². The minimum Gasteiger partial charge on any atom is -0.481 e. The molecule has 6 nitrogen and oxygen atoms in total. The smallest absolute Gasteiger partial charge is 0.433 e. The van der Waals surface area contributed by atoms with Gasteiger partial charge in [-0.1, -0.05) is 30.3 Å². The number of rotatable bonds is 6. The van der Waals surface area contributed by atoms with Crippen LogP contribution in [0.1, 0.15) is 49.4 Å². The number of alkyl halides is 3. The average molecular weight is 500 g/mol. The predicted molar refractivity (Wildman–Crippen MR) is 130 cm³/mol. The number of aryl methyl sites for hydroxylation is 1. The van der Waals surface area contributed by atoms with Gasteiger partial charge in [-0.05, 0) is 85.9 Å². The van der Waals surface area contributed by atoms with Crippen LogP contribution < -0.4 is 5.32 Å². The molecule has 190 valence electrons. The number of carbonyl (C=O) groups is 1. The van der Waals surface area contributed by atoms with Crippen molar-refractivity contribution in [1.29, 1.82) is 0 Å². The Morgan fingerprint density at radius 2 is 1.67 bits per heavy atom. The van der Waals surface area contributed by atoms with Crippen molar-refractivity contribution in [1.82, 2.24) is 9.97 Å². The van der Waals surface area contributed by atoms with Crippen molar-refractivity contribution in [3.8, 4) is 11.1 Å². The van der Waals surface area contributed by atoms with Gasteiger partial charge in [-0.3, -0.25) is 4.79 Å². The van der Waals surface area contributed by atoms with Gasteiger partial charge in [0.25, 0.3) is 0 Å². The van der Waals surface area contributed by atoms with Crippen LogP contribution in [0.2, 0.25) is 0 Å². The van der Waals surface area contributed by atoms with Crippen molar-refractivity contribution in [2.75, 3.05) is 5.32 Å². The lowest BCUT2D eigenvalue weighted by Gasteiger charge is -2.37. The second-order valence-electron chi connectivity index (χ2n) is 9.59. The molecule has 1 saturated carbocycles. The normalized spacial score (nSPS) is 19.9. The summed E-state index contributed by atoms with van der Waals surface area (Å²) in [5, 5.41) is 23.4. The number of hydrogen-bond acceptors (Lipinski definition) is 5. The fraction of sp³-hybridized carbons (Fsp3) is 0.370. The Balaban J connectivity index is 1.52. The molecule has 1 aromatic heterocycles. The highest BCUT2D eigenvalue weighted by Crippen LogP contribution is 2.41. The number of anilines is 2. The molecule has 0 bridgehead atoms. The van der Waals surface area contributed by atoms with Crippen molar-refractivity contribution in [3.05, 3.63) is 71.5 Å². The van der Waals surface area contributed by atoms with Gasteiger partial charge >= 0.3 is 12.1 Å². The highest BCUT2D eigenvalue weighted by molar-refractivity contribution is 5.71. The molecule has 9 heteroatoms. The third-order valence-electron chi connectivity index (χ3n) is 6.95. The van der Waals surface area contributed by atoms with Crippen molar-refractivity contribution in [2.24, 2.45) is 11.8 Å². The first-order chi connectivity index (χ1) is 16.9. The van der Waals surface area contributed by atoms with Crippen LogP contribution in [0.5, 0.6) is 0 Å². The molecule has 1 fully saturated rings. The largest absolute Gasteiger partial charge is 0.481 e. The predicted octanol–water partition coefficient (Wildman–Crippen LogP) is 6.31. The molecule has 4 rings (SSSR count). The molecule has 36 heavy (non-hydrogen) atoms. The summed E-state index contributed by atoms with van der Waals surface area (Å²) in [5.41, 5.74) is 1.82. The Morgan fingerprint density at radius 1 is 1.00 bits per heavy atom. The minimum atomic E-state index is -4.56. The number of halogens is 3. The van der Waals surface area contributed by atoms with Gasteiger partial charge in [0.15, 0.2) is 0 Å². The van der Waals surface area contributed by atoms with E-state index in [9.17, 15) is 28.2 Å². The van der Waals surface area contributed by atoms with E-state index in [1.54, 1.807) is 19.1 Å². The molecule has 1 heterocycles. The summed E-state index contributed by atoms with van der Waals surface area (Å²) in [7, 11) is 0. The molecule has 1 aliphatic rings. The molecule has 0 saturated heterocycles. The Labute approximate surface area is 207 Å². The minimum absolute atomic E-state index is 0.0267. The zero-order valence-corrected chi connectivity index (χ0v) is 20.0. The number of hydrogen-bond donors (Lipinski definition) is 3. The van der Waals surface area contributed by atoms with Crippen LogP contribution in [0.4, 0.5) is 24.8 Å². The van der Waals surface area contributed by atoms with E-state index in [2.05, 4.69) is 15.3 Å². The van der Waals surface area contributed by atoms with E-state index in [0.717, 1.165) is 34.5 Å². The maximum atomic E-state index is 13.0. The summed E-state index contributed by atoms with van der Waals surface area (Å²) < 4.78 is 38.9. The number of carboxylic acid groups (broad SMARTS) is 1.